The number of piperidine rings is 1. The molecule has 2 aliphatic rings. The average molecular weight is 933 g/mol. The van der Waals surface area contributed by atoms with E-state index >= 15 is 0 Å². The van der Waals surface area contributed by atoms with Crippen molar-refractivity contribution in [1.29, 1.82) is 0 Å². The number of carbonyl (C=O) groups is 3. The molecule has 0 saturated carbocycles. The monoisotopic (exact) mass is 932 g/mol. The van der Waals surface area contributed by atoms with Crippen molar-refractivity contribution in [3.8, 4) is 11.8 Å². The number of ether oxygens (including phenoxy) is 4. The van der Waals surface area contributed by atoms with E-state index in [4.69, 9.17) is 38.3 Å². The number of nitro benzene ring substituents is 1. The number of benzene rings is 3. The summed E-state index contributed by atoms with van der Waals surface area (Å²) in [6, 6.07) is 20.6. The fourth-order valence-electron chi connectivity index (χ4n) is 8.94. The smallest absolute Gasteiger partial charge is 0.414 e. The molecule has 0 aliphatic carbocycles. The summed E-state index contributed by atoms with van der Waals surface area (Å²) < 4.78 is 32.7. The number of hydrogen-bond acceptors (Lipinski definition) is 14. The Balaban J connectivity index is 1.03. The molecule has 6 aromatic rings. The molecule has 18 nitrogen and oxygen atoms in total. The lowest BCUT2D eigenvalue weighted by Crippen LogP contribution is -2.45. The van der Waals surface area contributed by atoms with Crippen LogP contribution in [-0.2, 0) is 20.7 Å². The van der Waals surface area contributed by atoms with Crippen molar-refractivity contribution in [2.24, 2.45) is 5.92 Å². The van der Waals surface area contributed by atoms with Crippen molar-refractivity contribution in [3.63, 3.8) is 0 Å². The minimum Gasteiger partial charge on any atom is -0.459 e. The number of furan rings is 1. The first-order chi connectivity index (χ1) is 32.3. The van der Waals surface area contributed by atoms with Gasteiger partial charge in [-0.05, 0) is 103 Å². The van der Waals surface area contributed by atoms with Crippen LogP contribution in [0.3, 0.4) is 0 Å². The standard InChI is InChI=1S/C50H60N8O10/c1-31-29-55(48(61)68-50(5,6)7)27-25-37(31)57-38-18-13-12-17-36(38)51-46(57)64-34-28-39(45(59)67-49(2,3)4)56(30-34)44-43-42(35-16-11-14-19-40(35)66-43)52-41(53-44)20-10-9-15-26-54(8)47(60)65-33-23-21-32(22-24-33)58(62)63/h11-14,16-19,21-24,31,34,37,39H,9-10,15,20,25-30H2,1-8H3/t31-,34-,37-,39-/m0/s1. The molecule has 2 amide bonds. The van der Waals surface area contributed by atoms with Gasteiger partial charge in [0.05, 0.1) is 22.5 Å². The molecule has 0 spiro atoms. The van der Waals surface area contributed by atoms with E-state index in [0.29, 0.717) is 79.7 Å². The van der Waals surface area contributed by atoms with E-state index in [2.05, 4.69) is 11.5 Å². The van der Waals surface area contributed by atoms with Crippen LogP contribution in [0.4, 0.5) is 21.1 Å². The molecule has 18 heteroatoms. The number of unbranched alkanes of at least 4 members (excludes halogenated alkanes) is 2. The van der Waals surface area contributed by atoms with Crippen LogP contribution in [0.25, 0.3) is 33.1 Å². The van der Waals surface area contributed by atoms with Gasteiger partial charge in [0, 0.05) is 63.1 Å². The number of rotatable bonds is 13. The first kappa shape index (κ1) is 47.5. The maximum Gasteiger partial charge on any atom is 0.414 e. The van der Waals surface area contributed by atoms with Gasteiger partial charge in [-0.25, -0.2) is 24.4 Å². The molecule has 3 aromatic heterocycles. The lowest BCUT2D eigenvalue weighted by atomic mass is 9.93. The number of aryl methyl sites for hydroxylation is 1. The summed E-state index contributed by atoms with van der Waals surface area (Å²) in [5.41, 5.74) is 1.97. The molecular formula is C50H60N8O10. The van der Waals surface area contributed by atoms with Gasteiger partial charge < -0.3 is 38.1 Å². The van der Waals surface area contributed by atoms with Gasteiger partial charge in [-0.3, -0.25) is 14.7 Å². The van der Waals surface area contributed by atoms with Crippen LogP contribution in [0.1, 0.15) is 92.4 Å². The largest absolute Gasteiger partial charge is 0.459 e. The van der Waals surface area contributed by atoms with E-state index in [1.165, 1.54) is 29.2 Å². The summed E-state index contributed by atoms with van der Waals surface area (Å²) in [4.78, 5) is 70.9. The Labute approximate surface area is 394 Å². The molecular weight excluding hydrogens is 873 g/mol. The molecule has 2 aliphatic heterocycles. The third-order valence-electron chi connectivity index (χ3n) is 12.1. The third kappa shape index (κ3) is 10.7. The van der Waals surface area contributed by atoms with Gasteiger partial charge in [0.1, 0.15) is 46.0 Å². The van der Waals surface area contributed by atoms with Crippen molar-refractivity contribution in [2.45, 2.75) is 116 Å². The van der Waals surface area contributed by atoms with Gasteiger partial charge in [-0.1, -0.05) is 37.6 Å². The fourth-order valence-corrected chi connectivity index (χ4v) is 8.94. The number of carbonyl (C=O) groups excluding carboxylic acids is 3. The second-order valence-electron chi connectivity index (χ2n) is 19.8. The molecule has 0 N–H and O–H groups in total. The number of anilines is 1. The van der Waals surface area contributed by atoms with Crippen LogP contribution in [-0.4, -0.2) is 109 Å². The maximum absolute atomic E-state index is 14.3. The number of imidazole rings is 1. The first-order valence-electron chi connectivity index (χ1n) is 23.3. The summed E-state index contributed by atoms with van der Waals surface area (Å²) in [6.45, 7) is 15.0. The highest BCUT2D eigenvalue weighted by Crippen LogP contribution is 2.40. The highest BCUT2D eigenvalue weighted by Gasteiger charge is 2.44. The molecule has 0 unspecified atom stereocenters. The van der Waals surface area contributed by atoms with Crippen LogP contribution >= 0.6 is 0 Å². The zero-order chi connectivity index (χ0) is 48.5. The summed E-state index contributed by atoms with van der Waals surface area (Å²) in [5, 5.41) is 11.8. The van der Waals surface area contributed by atoms with Crippen LogP contribution < -0.4 is 14.4 Å². The summed E-state index contributed by atoms with van der Waals surface area (Å²) in [5.74, 6) is 0.884. The highest BCUT2D eigenvalue weighted by atomic mass is 16.6. The van der Waals surface area contributed by atoms with E-state index < -0.39 is 40.3 Å². The number of nitro groups is 1. The normalized spacial score (nSPS) is 18.8. The Morgan fingerprint density at radius 1 is 0.882 bits per heavy atom. The molecule has 360 valence electrons. The molecule has 68 heavy (non-hydrogen) atoms. The summed E-state index contributed by atoms with van der Waals surface area (Å²) in [6.07, 6.45) is 2.18. The first-order valence-corrected chi connectivity index (χ1v) is 23.3. The van der Waals surface area contributed by atoms with E-state index in [9.17, 15) is 24.5 Å². The predicted molar refractivity (Wildman–Crippen MR) is 255 cm³/mol. The lowest BCUT2D eigenvalue weighted by Gasteiger charge is -2.38. The van der Waals surface area contributed by atoms with Crippen molar-refractivity contribution >= 4 is 62.8 Å². The van der Waals surface area contributed by atoms with E-state index in [0.717, 1.165) is 22.8 Å². The number of aromatic nitrogens is 4. The van der Waals surface area contributed by atoms with Crippen molar-refractivity contribution in [1.82, 2.24) is 29.3 Å². The van der Waals surface area contributed by atoms with Crippen LogP contribution in [0, 0.1) is 16.0 Å². The predicted octanol–water partition coefficient (Wildman–Crippen LogP) is 9.66. The number of esters is 1. The van der Waals surface area contributed by atoms with Gasteiger partial charge in [0.2, 0.25) is 0 Å². The second-order valence-corrected chi connectivity index (χ2v) is 19.8. The van der Waals surface area contributed by atoms with Gasteiger partial charge in [0.15, 0.2) is 11.4 Å². The zero-order valence-electron chi connectivity index (χ0n) is 40.0. The van der Waals surface area contributed by atoms with Gasteiger partial charge in [-0.2, -0.15) is 4.98 Å². The van der Waals surface area contributed by atoms with Crippen molar-refractivity contribution < 1.29 is 42.7 Å². The number of amides is 2. The van der Waals surface area contributed by atoms with E-state index in [1.54, 1.807) is 11.9 Å². The number of likely N-dealkylation sites (tertiary alicyclic amines) is 1. The van der Waals surface area contributed by atoms with Gasteiger partial charge >= 0.3 is 18.2 Å². The highest BCUT2D eigenvalue weighted by molar-refractivity contribution is 6.06. The molecule has 4 atom stereocenters. The van der Waals surface area contributed by atoms with Gasteiger partial charge in [0.25, 0.3) is 11.7 Å². The Bertz CT molecular complexity index is 2810. The molecule has 3 aromatic carbocycles. The average Bonchev–Trinajstić information content (AvgIpc) is 3.98. The minimum absolute atomic E-state index is 0.0357. The van der Waals surface area contributed by atoms with E-state index in [1.807, 2.05) is 95.0 Å². The Morgan fingerprint density at radius 3 is 2.32 bits per heavy atom. The summed E-state index contributed by atoms with van der Waals surface area (Å²) >= 11 is 0. The third-order valence-corrected chi connectivity index (χ3v) is 12.1. The van der Waals surface area contributed by atoms with Crippen molar-refractivity contribution in [2.75, 3.05) is 38.1 Å². The summed E-state index contributed by atoms with van der Waals surface area (Å²) in [7, 11) is 1.64. The number of fused-ring (bicyclic) bond motifs is 4. The SMILES string of the molecule is C[C@H]1CN(C(=O)OC(C)(C)C)CC[C@@H]1n1c(O[C@H]2C[C@@H](C(=O)OC(C)(C)C)N(c3nc(CCCCCN(C)C(=O)Oc4ccc([N+](=O)[O-])cc4)nc4c3oc3ccccc34)C2)nc2ccccc21. The lowest BCUT2D eigenvalue weighted by molar-refractivity contribution is -0.384. The van der Waals surface area contributed by atoms with E-state index in [-0.39, 0.29) is 42.5 Å². The number of para-hydroxylation sites is 3. The zero-order valence-corrected chi connectivity index (χ0v) is 40.0. The molecule has 5 heterocycles. The molecule has 0 bridgehead atoms. The molecule has 0 radical (unpaired) electrons. The Hall–Kier alpha value is -6.98. The van der Waals surface area contributed by atoms with Crippen LogP contribution in [0.5, 0.6) is 11.8 Å². The maximum atomic E-state index is 14.3. The second kappa shape index (κ2) is 19.3. The topological polar surface area (TPSA) is 198 Å². The Kier molecular flexibility index (Phi) is 13.5. The number of nitrogens with zero attached hydrogens (tertiary/aromatic N) is 8. The quantitative estimate of drug-likeness (QED) is 0.0459. The van der Waals surface area contributed by atoms with Gasteiger partial charge in [-0.15, -0.1) is 0 Å². The van der Waals surface area contributed by atoms with Crippen molar-refractivity contribution in [3.05, 3.63) is 88.7 Å². The Morgan fingerprint density at radius 2 is 1.60 bits per heavy atom. The molecule has 8 rings (SSSR count). The molecule has 2 fully saturated rings. The number of non-ortho nitro benzene ring substituents is 1. The fraction of sp³-hybridized carbons (Fsp3) is 0.480. The van der Waals surface area contributed by atoms with Crippen LogP contribution in [0.15, 0.2) is 77.2 Å². The number of hydrogen-bond donors (Lipinski definition) is 0. The minimum atomic E-state index is -0.784. The van der Waals surface area contributed by atoms with Crippen LogP contribution in [0.2, 0.25) is 0 Å². The molecule has 2 saturated heterocycles.